The van der Waals surface area contributed by atoms with Crippen molar-refractivity contribution in [2.45, 2.75) is 12.8 Å². The fourth-order valence-electron chi connectivity index (χ4n) is 1.11. The van der Waals surface area contributed by atoms with Crippen LogP contribution in [-0.4, -0.2) is 16.2 Å². The summed E-state index contributed by atoms with van der Waals surface area (Å²) in [7, 11) is 0. The highest BCUT2D eigenvalue weighted by molar-refractivity contribution is 7.17. The number of carboxylic acids is 1. The molecule has 5 heteroatoms. The minimum atomic E-state index is -0.812. The van der Waals surface area contributed by atoms with E-state index in [2.05, 4.69) is 5.16 Å². The summed E-state index contributed by atoms with van der Waals surface area (Å²) in [5, 5.41) is 14.2. The molecule has 68 valence electrons. The van der Waals surface area contributed by atoms with Crippen LogP contribution in [0.2, 0.25) is 0 Å². The number of fused-ring (bicyclic) bond motifs is 1. The Morgan fingerprint density at radius 2 is 2.54 bits per heavy atom. The molecule has 0 bridgehead atoms. The van der Waals surface area contributed by atoms with Gasteiger partial charge in [-0.1, -0.05) is 5.16 Å². The molecule has 2 aromatic heterocycles. The molecule has 0 spiro atoms. The van der Waals surface area contributed by atoms with Crippen LogP contribution in [0.25, 0.3) is 10.3 Å². The molecule has 0 radical (unpaired) electrons. The molecule has 13 heavy (non-hydrogen) atoms. The third-order valence-corrected chi connectivity index (χ3v) is 2.67. The van der Waals surface area contributed by atoms with Crippen molar-refractivity contribution in [2.75, 3.05) is 0 Å². The molecule has 2 heterocycles. The Labute approximate surface area is 77.8 Å². The predicted octanol–water partition coefficient (Wildman–Crippen LogP) is 1.91. The summed E-state index contributed by atoms with van der Waals surface area (Å²) in [5.41, 5.74) is 1.48. The number of aryl methyl sites for hydroxylation is 1. The zero-order chi connectivity index (χ0) is 9.26. The highest BCUT2D eigenvalue weighted by Gasteiger charge is 2.10. The van der Waals surface area contributed by atoms with Gasteiger partial charge in [0.25, 0.3) is 0 Å². The number of aromatic nitrogens is 1. The second-order valence-electron chi connectivity index (χ2n) is 2.64. The van der Waals surface area contributed by atoms with Gasteiger partial charge in [0.05, 0.1) is 11.1 Å². The highest BCUT2D eigenvalue weighted by Crippen LogP contribution is 2.24. The van der Waals surface area contributed by atoms with E-state index in [9.17, 15) is 4.79 Å². The monoisotopic (exact) mass is 197 g/mol. The maximum Gasteiger partial charge on any atom is 0.303 e. The van der Waals surface area contributed by atoms with Crippen molar-refractivity contribution >= 4 is 27.6 Å². The fraction of sp³-hybridized carbons (Fsp3) is 0.250. The van der Waals surface area contributed by atoms with Crippen molar-refractivity contribution < 1.29 is 14.4 Å². The molecule has 2 aromatic rings. The molecule has 0 amide bonds. The summed E-state index contributed by atoms with van der Waals surface area (Å²) in [6, 6.07) is 1.83. The first-order chi connectivity index (χ1) is 6.27. The summed E-state index contributed by atoms with van der Waals surface area (Å²) in [6.07, 6.45) is 0.530. The van der Waals surface area contributed by atoms with Gasteiger partial charge < -0.3 is 9.63 Å². The molecule has 0 aliphatic carbocycles. The Morgan fingerprint density at radius 3 is 3.31 bits per heavy atom. The lowest BCUT2D eigenvalue weighted by molar-refractivity contribution is -0.136. The van der Waals surface area contributed by atoms with Gasteiger partial charge in [-0.25, -0.2) is 0 Å². The number of carbonyl (C=O) groups is 1. The summed E-state index contributed by atoms with van der Waals surface area (Å²) < 4.78 is 5.95. The Bertz CT molecular complexity index is 431. The number of aliphatic carboxylic acids is 1. The number of rotatable bonds is 3. The molecule has 0 atom stereocenters. The minimum Gasteiger partial charge on any atom is -0.481 e. The van der Waals surface area contributed by atoms with Crippen LogP contribution in [0.15, 0.2) is 16.0 Å². The molecule has 0 aliphatic rings. The van der Waals surface area contributed by atoms with E-state index in [0.29, 0.717) is 6.42 Å². The number of thiophene rings is 1. The molecule has 2 rings (SSSR count). The van der Waals surface area contributed by atoms with Crippen LogP contribution in [-0.2, 0) is 11.2 Å². The molecule has 0 saturated heterocycles. The average molecular weight is 197 g/mol. The molecule has 4 nitrogen and oxygen atoms in total. The normalized spacial score (nSPS) is 10.8. The lowest BCUT2D eigenvalue weighted by Gasteiger charge is -1.89. The Hall–Kier alpha value is -1.36. The van der Waals surface area contributed by atoms with E-state index in [1.165, 1.54) is 11.3 Å². The molecule has 0 aliphatic heterocycles. The Kier molecular flexibility index (Phi) is 2.02. The molecular weight excluding hydrogens is 190 g/mol. The van der Waals surface area contributed by atoms with Crippen molar-refractivity contribution in [3.8, 4) is 0 Å². The quantitative estimate of drug-likeness (QED) is 0.816. The minimum absolute atomic E-state index is 0.0968. The number of hydrogen-bond donors (Lipinski definition) is 1. The first kappa shape index (κ1) is 8.25. The van der Waals surface area contributed by atoms with E-state index in [1.807, 2.05) is 11.4 Å². The number of hydrogen-bond acceptors (Lipinski definition) is 4. The fourth-order valence-corrected chi connectivity index (χ4v) is 1.93. The third kappa shape index (κ3) is 1.55. The van der Waals surface area contributed by atoms with Crippen molar-refractivity contribution in [3.63, 3.8) is 0 Å². The molecule has 0 unspecified atom stereocenters. The van der Waals surface area contributed by atoms with Gasteiger partial charge in [0.1, 0.15) is 5.69 Å². The molecular formula is C8H7NO3S. The van der Waals surface area contributed by atoms with Gasteiger partial charge in [-0.15, -0.1) is 11.3 Å². The molecule has 0 aromatic carbocycles. The zero-order valence-corrected chi connectivity index (χ0v) is 7.50. The number of nitrogens with zero attached hydrogens (tertiary/aromatic N) is 1. The van der Waals surface area contributed by atoms with Gasteiger partial charge in [-0.05, 0) is 11.4 Å². The van der Waals surface area contributed by atoms with Crippen molar-refractivity contribution in [2.24, 2.45) is 0 Å². The zero-order valence-electron chi connectivity index (χ0n) is 6.69. The third-order valence-electron chi connectivity index (χ3n) is 1.72. The second-order valence-corrected chi connectivity index (χ2v) is 3.55. The van der Waals surface area contributed by atoms with Crippen LogP contribution in [0.3, 0.4) is 0 Å². The van der Waals surface area contributed by atoms with E-state index in [0.717, 1.165) is 16.0 Å². The van der Waals surface area contributed by atoms with Crippen LogP contribution in [0.1, 0.15) is 12.1 Å². The molecule has 0 saturated carbocycles. The smallest absolute Gasteiger partial charge is 0.303 e. The van der Waals surface area contributed by atoms with Crippen LogP contribution in [0, 0.1) is 0 Å². The van der Waals surface area contributed by atoms with Gasteiger partial charge in [0, 0.05) is 6.42 Å². The summed E-state index contributed by atoms with van der Waals surface area (Å²) in [4.78, 5) is 10.3. The Morgan fingerprint density at radius 1 is 1.69 bits per heavy atom. The predicted molar refractivity (Wildman–Crippen MR) is 47.8 cm³/mol. The maximum atomic E-state index is 10.3. The molecule has 1 N–H and O–H groups in total. The lowest BCUT2D eigenvalue weighted by Crippen LogP contribution is -1.97. The SMILES string of the molecule is O=C(O)CCc1noc2ccsc12. The van der Waals surface area contributed by atoms with E-state index >= 15 is 0 Å². The first-order valence-corrected chi connectivity index (χ1v) is 4.69. The van der Waals surface area contributed by atoms with Crippen molar-refractivity contribution in [1.82, 2.24) is 5.16 Å². The van der Waals surface area contributed by atoms with E-state index in [-0.39, 0.29) is 6.42 Å². The first-order valence-electron chi connectivity index (χ1n) is 3.81. The van der Waals surface area contributed by atoms with Crippen LogP contribution in [0.4, 0.5) is 0 Å². The molecule has 0 fully saturated rings. The maximum absolute atomic E-state index is 10.3. The average Bonchev–Trinajstić information content (AvgIpc) is 2.60. The van der Waals surface area contributed by atoms with Crippen LogP contribution in [0.5, 0.6) is 0 Å². The summed E-state index contributed by atoms with van der Waals surface area (Å²) in [6.45, 7) is 0. The summed E-state index contributed by atoms with van der Waals surface area (Å²) >= 11 is 1.52. The Balaban J connectivity index is 2.23. The number of carboxylic acid groups (broad SMARTS) is 1. The topological polar surface area (TPSA) is 63.3 Å². The van der Waals surface area contributed by atoms with Gasteiger partial charge in [0.15, 0.2) is 5.58 Å². The highest BCUT2D eigenvalue weighted by atomic mass is 32.1. The van der Waals surface area contributed by atoms with Gasteiger partial charge >= 0.3 is 5.97 Å². The van der Waals surface area contributed by atoms with Crippen LogP contribution < -0.4 is 0 Å². The van der Waals surface area contributed by atoms with E-state index in [1.54, 1.807) is 0 Å². The second kappa shape index (κ2) is 3.18. The standard InChI is InChI=1S/C8H7NO3S/c10-7(11)2-1-5-8-6(12-9-5)3-4-13-8/h3-4H,1-2H2,(H,10,11). The van der Waals surface area contributed by atoms with Gasteiger partial charge in [-0.2, -0.15) is 0 Å². The van der Waals surface area contributed by atoms with Crippen molar-refractivity contribution in [1.29, 1.82) is 0 Å². The van der Waals surface area contributed by atoms with Crippen LogP contribution >= 0.6 is 11.3 Å². The van der Waals surface area contributed by atoms with Gasteiger partial charge in [-0.3, -0.25) is 4.79 Å². The van der Waals surface area contributed by atoms with E-state index in [4.69, 9.17) is 9.63 Å². The lowest BCUT2D eigenvalue weighted by atomic mass is 10.2. The summed E-state index contributed by atoms with van der Waals surface area (Å²) in [5.74, 6) is -0.812. The van der Waals surface area contributed by atoms with E-state index < -0.39 is 5.97 Å². The van der Waals surface area contributed by atoms with Gasteiger partial charge in [0.2, 0.25) is 0 Å². The van der Waals surface area contributed by atoms with Crippen molar-refractivity contribution in [3.05, 3.63) is 17.1 Å². The largest absolute Gasteiger partial charge is 0.481 e.